The van der Waals surface area contributed by atoms with Crippen LogP contribution in [0.5, 0.6) is 0 Å². The minimum atomic E-state index is 0.0407. The zero-order chi connectivity index (χ0) is 12.3. The maximum atomic E-state index is 5.82. The monoisotopic (exact) mass is 250 g/mol. The van der Waals surface area contributed by atoms with Crippen LogP contribution in [0.1, 0.15) is 6.92 Å². The van der Waals surface area contributed by atoms with E-state index in [2.05, 4.69) is 31.9 Å². The van der Waals surface area contributed by atoms with Crippen molar-refractivity contribution < 1.29 is 0 Å². The highest BCUT2D eigenvalue weighted by Gasteiger charge is 2.07. The molecule has 2 aromatic rings. The molecule has 1 unspecified atom stereocenters. The van der Waals surface area contributed by atoms with E-state index in [0.29, 0.717) is 11.9 Å². The Hall–Kier alpha value is -1.95. The van der Waals surface area contributed by atoms with Crippen LogP contribution in [0.25, 0.3) is 5.95 Å². The molecule has 0 saturated heterocycles. The molecule has 0 amide bonds. The van der Waals surface area contributed by atoms with Gasteiger partial charge in [0, 0.05) is 18.4 Å². The maximum Gasteiger partial charge on any atom is 0.256 e. The Morgan fingerprint density at radius 3 is 2.94 bits per heavy atom. The molecule has 0 spiro atoms. The summed E-state index contributed by atoms with van der Waals surface area (Å²) in [6.45, 7) is 5.60. The molecule has 1 atom stereocenters. The Labute approximate surface area is 103 Å². The molecule has 2 rings (SSSR count). The van der Waals surface area contributed by atoms with E-state index in [1.165, 1.54) is 4.68 Å². The standard InChI is InChI=1S/C10H11ClN6/c1-3-7(2)13-9-14-8(11)15-10(16-9)17-6-4-5-12-17/h3-7H,1H2,2H3,(H,13,14,15,16). The van der Waals surface area contributed by atoms with Crippen molar-refractivity contribution >= 4 is 17.5 Å². The summed E-state index contributed by atoms with van der Waals surface area (Å²) in [6, 6.07) is 1.82. The summed E-state index contributed by atoms with van der Waals surface area (Å²) in [5.74, 6) is 0.761. The molecule has 2 heterocycles. The molecule has 0 fully saturated rings. The largest absolute Gasteiger partial charge is 0.348 e. The van der Waals surface area contributed by atoms with Crippen molar-refractivity contribution in [2.45, 2.75) is 13.0 Å². The lowest BCUT2D eigenvalue weighted by atomic mass is 10.3. The minimum Gasteiger partial charge on any atom is -0.348 e. The van der Waals surface area contributed by atoms with E-state index >= 15 is 0 Å². The first kappa shape index (κ1) is 11.5. The van der Waals surface area contributed by atoms with Crippen LogP contribution < -0.4 is 5.32 Å². The summed E-state index contributed by atoms with van der Waals surface area (Å²) >= 11 is 5.82. The van der Waals surface area contributed by atoms with Gasteiger partial charge in [0.05, 0.1) is 0 Å². The number of rotatable bonds is 4. The van der Waals surface area contributed by atoms with Crippen molar-refractivity contribution in [1.82, 2.24) is 24.7 Å². The average molecular weight is 251 g/mol. The predicted molar refractivity (Wildman–Crippen MR) is 65.2 cm³/mol. The van der Waals surface area contributed by atoms with Gasteiger partial charge in [-0.15, -0.1) is 6.58 Å². The van der Waals surface area contributed by atoms with E-state index < -0.39 is 0 Å². The van der Waals surface area contributed by atoms with Crippen molar-refractivity contribution in [2.75, 3.05) is 5.32 Å². The Morgan fingerprint density at radius 2 is 2.29 bits per heavy atom. The summed E-state index contributed by atoms with van der Waals surface area (Å²) in [7, 11) is 0. The topological polar surface area (TPSA) is 68.5 Å². The smallest absolute Gasteiger partial charge is 0.256 e. The third-order valence-corrected chi connectivity index (χ3v) is 2.18. The lowest BCUT2D eigenvalue weighted by molar-refractivity contribution is 0.791. The molecule has 0 bridgehead atoms. The van der Waals surface area contributed by atoms with E-state index in [-0.39, 0.29) is 11.3 Å². The quantitative estimate of drug-likeness (QED) is 0.837. The third-order valence-electron chi connectivity index (χ3n) is 2.02. The number of nitrogens with zero attached hydrogens (tertiary/aromatic N) is 5. The molecule has 0 aromatic carbocycles. The predicted octanol–water partition coefficient (Wildman–Crippen LogP) is 1.70. The molecule has 0 radical (unpaired) electrons. The normalized spacial score (nSPS) is 12.1. The van der Waals surface area contributed by atoms with Gasteiger partial charge in [-0.2, -0.15) is 20.1 Å². The lowest BCUT2D eigenvalue weighted by Crippen LogP contribution is -2.16. The summed E-state index contributed by atoms with van der Waals surface area (Å²) in [5.41, 5.74) is 0. The Bertz CT molecular complexity index is 510. The Balaban J connectivity index is 2.33. The second-order valence-corrected chi connectivity index (χ2v) is 3.69. The van der Waals surface area contributed by atoms with Gasteiger partial charge in [0.25, 0.3) is 5.95 Å². The number of hydrogen-bond acceptors (Lipinski definition) is 5. The van der Waals surface area contributed by atoms with Crippen molar-refractivity contribution in [3.8, 4) is 5.95 Å². The minimum absolute atomic E-state index is 0.0407. The van der Waals surface area contributed by atoms with Crippen molar-refractivity contribution in [1.29, 1.82) is 0 Å². The fraction of sp³-hybridized carbons (Fsp3) is 0.200. The highest BCUT2D eigenvalue weighted by molar-refractivity contribution is 6.28. The van der Waals surface area contributed by atoms with Crippen molar-refractivity contribution in [3.05, 3.63) is 36.4 Å². The van der Waals surface area contributed by atoms with Crippen LogP contribution in [0.4, 0.5) is 5.95 Å². The summed E-state index contributed by atoms with van der Waals surface area (Å²) < 4.78 is 1.51. The van der Waals surface area contributed by atoms with Gasteiger partial charge in [0.15, 0.2) is 0 Å². The highest BCUT2D eigenvalue weighted by Crippen LogP contribution is 2.09. The van der Waals surface area contributed by atoms with Crippen LogP contribution in [0.2, 0.25) is 5.28 Å². The van der Waals surface area contributed by atoms with Gasteiger partial charge >= 0.3 is 0 Å². The Kier molecular flexibility index (Phi) is 3.34. The Morgan fingerprint density at radius 1 is 1.47 bits per heavy atom. The van der Waals surface area contributed by atoms with E-state index in [1.807, 2.05) is 6.92 Å². The van der Waals surface area contributed by atoms with E-state index in [1.54, 1.807) is 24.5 Å². The SMILES string of the molecule is C=CC(C)Nc1nc(Cl)nc(-n2cccn2)n1. The van der Waals surface area contributed by atoms with Crippen LogP contribution in [0.3, 0.4) is 0 Å². The molecule has 17 heavy (non-hydrogen) atoms. The highest BCUT2D eigenvalue weighted by atomic mass is 35.5. The van der Waals surface area contributed by atoms with E-state index in [9.17, 15) is 0 Å². The average Bonchev–Trinajstić information content (AvgIpc) is 2.81. The molecule has 1 N–H and O–H groups in total. The number of anilines is 1. The number of aromatic nitrogens is 5. The fourth-order valence-corrected chi connectivity index (χ4v) is 1.31. The van der Waals surface area contributed by atoms with Gasteiger partial charge in [-0.05, 0) is 24.6 Å². The van der Waals surface area contributed by atoms with Gasteiger partial charge in [0.1, 0.15) is 0 Å². The zero-order valence-corrected chi connectivity index (χ0v) is 9.96. The van der Waals surface area contributed by atoms with Gasteiger partial charge in [-0.1, -0.05) is 6.08 Å². The lowest BCUT2D eigenvalue weighted by Gasteiger charge is -2.09. The summed E-state index contributed by atoms with van der Waals surface area (Å²) in [4.78, 5) is 12.2. The zero-order valence-electron chi connectivity index (χ0n) is 9.21. The molecule has 88 valence electrons. The van der Waals surface area contributed by atoms with Gasteiger partial charge in [0.2, 0.25) is 11.2 Å². The molecule has 0 saturated carbocycles. The number of halogens is 1. The van der Waals surface area contributed by atoms with E-state index in [0.717, 1.165) is 0 Å². The van der Waals surface area contributed by atoms with Crippen LogP contribution >= 0.6 is 11.6 Å². The molecule has 7 heteroatoms. The van der Waals surface area contributed by atoms with Crippen LogP contribution in [-0.4, -0.2) is 30.8 Å². The van der Waals surface area contributed by atoms with E-state index in [4.69, 9.17) is 11.6 Å². The second-order valence-electron chi connectivity index (χ2n) is 3.35. The number of nitrogens with one attached hydrogen (secondary N) is 1. The van der Waals surface area contributed by atoms with Gasteiger partial charge < -0.3 is 5.32 Å². The summed E-state index contributed by atoms with van der Waals surface area (Å²) in [5, 5.41) is 7.17. The van der Waals surface area contributed by atoms with Crippen LogP contribution in [0, 0.1) is 0 Å². The molecular weight excluding hydrogens is 240 g/mol. The molecule has 0 aliphatic carbocycles. The number of hydrogen-bond donors (Lipinski definition) is 1. The third kappa shape index (κ3) is 2.79. The molecule has 0 aliphatic heterocycles. The fourth-order valence-electron chi connectivity index (χ4n) is 1.16. The van der Waals surface area contributed by atoms with Gasteiger partial charge in [-0.25, -0.2) is 4.68 Å². The van der Waals surface area contributed by atoms with Gasteiger partial charge in [-0.3, -0.25) is 0 Å². The second kappa shape index (κ2) is 4.92. The van der Waals surface area contributed by atoms with Crippen LogP contribution in [-0.2, 0) is 0 Å². The first-order valence-corrected chi connectivity index (χ1v) is 5.37. The first-order valence-electron chi connectivity index (χ1n) is 4.99. The maximum absolute atomic E-state index is 5.82. The molecule has 2 aromatic heterocycles. The van der Waals surface area contributed by atoms with Crippen molar-refractivity contribution in [2.24, 2.45) is 0 Å². The summed E-state index contributed by atoms with van der Waals surface area (Å²) in [6.07, 6.45) is 5.11. The molecular formula is C10H11ClN6. The molecule has 0 aliphatic rings. The van der Waals surface area contributed by atoms with Crippen molar-refractivity contribution in [3.63, 3.8) is 0 Å². The molecule has 6 nitrogen and oxygen atoms in total. The van der Waals surface area contributed by atoms with Crippen LogP contribution in [0.15, 0.2) is 31.1 Å². The first-order chi connectivity index (χ1) is 8.19.